The molecule has 1 aliphatic heterocycles. The number of halogens is 1. The fourth-order valence-electron chi connectivity index (χ4n) is 3.41. The third-order valence-corrected chi connectivity index (χ3v) is 8.79. The maximum Gasteiger partial charge on any atom is 0.267 e. The van der Waals surface area contributed by atoms with Gasteiger partial charge >= 0.3 is 0 Å². The molecule has 1 fully saturated rings. The molecule has 0 aliphatic carbocycles. The average Bonchev–Trinajstić information content (AvgIpc) is 3.36. The smallest absolute Gasteiger partial charge is 0.267 e. The van der Waals surface area contributed by atoms with Crippen LogP contribution in [0.1, 0.15) is 21.1 Å². The lowest BCUT2D eigenvalue weighted by molar-refractivity contribution is 0.102. The Kier molecular flexibility index (Phi) is 6.20. The molecule has 4 rings (SSSR count). The molecule has 0 atom stereocenters. The number of aromatic nitrogens is 2. The molecule has 11 heteroatoms. The number of aryl methyl sites for hydroxylation is 2. The van der Waals surface area contributed by atoms with Gasteiger partial charge in [0.2, 0.25) is 10.0 Å². The fraction of sp³-hybridized carbons (Fsp3) is 0.300. The van der Waals surface area contributed by atoms with Gasteiger partial charge < -0.3 is 5.32 Å². The van der Waals surface area contributed by atoms with E-state index in [9.17, 15) is 17.6 Å². The molecule has 1 aliphatic rings. The van der Waals surface area contributed by atoms with Crippen LogP contribution in [-0.4, -0.2) is 53.0 Å². The standard InChI is InChI=1S/C20H21FN4O3S3/c1-13-11-14(2)25(23-13)17-4-3-15(12-16(17)21)22-20(26)19-18(5-8-30-19)31(27,28)24-6-9-29-10-7-24/h3-5,8,11-12H,6-7,9-10H2,1-2H3,(H,22,26). The normalized spacial score (nSPS) is 15.2. The molecule has 0 bridgehead atoms. The van der Waals surface area contributed by atoms with Crippen molar-refractivity contribution in [1.29, 1.82) is 0 Å². The van der Waals surface area contributed by atoms with Gasteiger partial charge in [-0.25, -0.2) is 17.5 Å². The first-order valence-electron chi connectivity index (χ1n) is 9.57. The summed E-state index contributed by atoms with van der Waals surface area (Å²) in [7, 11) is -3.76. The van der Waals surface area contributed by atoms with E-state index in [1.807, 2.05) is 19.9 Å². The quantitative estimate of drug-likeness (QED) is 0.602. The topological polar surface area (TPSA) is 84.3 Å². The molecule has 0 unspecified atom stereocenters. The average molecular weight is 481 g/mol. The number of benzene rings is 1. The van der Waals surface area contributed by atoms with E-state index < -0.39 is 21.7 Å². The zero-order valence-corrected chi connectivity index (χ0v) is 19.4. The largest absolute Gasteiger partial charge is 0.321 e. The van der Waals surface area contributed by atoms with Crippen LogP contribution >= 0.6 is 23.1 Å². The summed E-state index contributed by atoms with van der Waals surface area (Å²) >= 11 is 2.75. The van der Waals surface area contributed by atoms with Gasteiger partial charge in [-0.2, -0.15) is 21.2 Å². The number of carbonyl (C=O) groups excluding carboxylic acids is 1. The fourth-order valence-corrected chi connectivity index (χ4v) is 7.28. The number of carbonyl (C=O) groups is 1. The molecule has 2 aromatic heterocycles. The first-order valence-corrected chi connectivity index (χ1v) is 13.0. The molecule has 1 N–H and O–H groups in total. The number of sulfonamides is 1. The molecule has 1 saturated heterocycles. The predicted octanol–water partition coefficient (Wildman–Crippen LogP) is 3.68. The van der Waals surface area contributed by atoms with Crippen molar-refractivity contribution in [3.05, 3.63) is 57.8 Å². The van der Waals surface area contributed by atoms with E-state index in [1.54, 1.807) is 23.2 Å². The molecule has 0 radical (unpaired) electrons. The maximum absolute atomic E-state index is 14.7. The molecular formula is C20H21FN4O3S3. The van der Waals surface area contributed by atoms with Crippen molar-refractivity contribution in [3.8, 4) is 5.69 Å². The molecule has 0 spiro atoms. The molecule has 3 aromatic rings. The Labute approximate surface area is 188 Å². The van der Waals surface area contributed by atoms with Gasteiger partial charge in [-0.05, 0) is 49.6 Å². The maximum atomic E-state index is 14.7. The van der Waals surface area contributed by atoms with Crippen LogP contribution in [0.3, 0.4) is 0 Å². The SMILES string of the molecule is Cc1cc(C)n(-c2ccc(NC(=O)c3sccc3S(=O)(=O)N3CCSCC3)cc2F)n1. The third kappa shape index (κ3) is 4.40. The summed E-state index contributed by atoms with van der Waals surface area (Å²) < 4.78 is 43.6. The van der Waals surface area contributed by atoms with E-state index >= 15 is 0 Å². The van der Waals surface area contributed by atoms with E-state index in [-0.39, 0.29) is 21.1 Å². The van der Waals surface area contributed by atoms with E-state index in [2.05, 4.69) is 10.4 Å². The second-order valence-electron chi connectivity index (χ2n) is 7.09. The number of rotatable bonds is 5. The highest BCUT2D eigenvalue weighted by molar-refractivity contribution is 7.99. The van der Waals surface area contributed by atoms with Crippen molar-refractivity contribution >= 4 is 44.7 Å². The number of thioether (sulfide) groups is 1. The summed E-state index contributed by atoms with van der Waals surface area (Å²) in [5.41, 5.74) is 2.07. The minimum atomic E-state index is -3.76. The van der Waals surface area contributed by atoms with Gasteiger partial charge in [-0.1, -0.05) is 0 Å². The van der Waals surface area contributed by atoms with Gasteiger partial charge in [0.1, 0.15) is 15.5 Å². The van der Waals surface area contributed by atoms with Crippen molar-refractivity contribution in [2.24, 2.45) is 0 Å². The van der Waals surface area contributed by atoms with Crippen LogP contribution in [0.25, 0.3) is 5.69 Å². The second kappa shape index (κ2) is 8.73. The first-order chi connectivity index (χ1) is 14.8. The van der Waals surface area contributed by atoms with Gasteiger partial charge in [0.25, 0.3) is 5.91 Å². The van der Waals surface area contributed by atoms with Crippen LogP contribution in [0.5, 0.6) is 0 Å². The van der Waals surface area contributed by atoms with E-state index in [1.165, 1.54) is 27.2 Å². The van der Waals surface area contributed by atoms with E-state index in [0.717, 1.165) is 34.2 Å². The lowest BCUT2D eigenvalue weighted by Crippen LogP contribution is -2.38. The number of anilines is 1. The van der Waals surface area contributed by atoms with Crippen LogP contribution in [0.2, 0.25) is 0 Å². The Morgan fingerprint density at radius 2 is 1.90 bits per heavy atom. The second-order valence-corrected chi connectivity index (χ2v) is 11.1. The van der Waals surface area contributed by atoms with Gasteiger partial charge in [0.05, 0.1) is 5.69 Å². The van der Waals surface area contributed by atoms with E-state index in [4.69, 9.17) is 0 Å². The Morgan fingerprint density at radius 1 is 1.16 bits per heavy atom. The van der Waals surface area contributed by atoms with Gasteiger partial charge in [-0.15, -0.1) is 11.3 Å². The number of nitrogens with one attached hydrogen (secondary N) is 1. The Balaban J connectivity index is 1.57. The zero-order valence-electron chi connectivity index (χ0n) is 17.0. The molecule has 7 nitrogen and oxygen atoms in total. The van der Waals surface area contributed by atoms with Crippen molar-refractivity contribution in [1.82, 2.24) is 14.1 Å². The Bertz CT molecular complexity index is 1230. The third-order valence-electron chi connectivity index (χ3n) is 4.87. The van der Waals surface area contributed by atoms with Crippen LogP contribution < -0.4 is 5.32 Å². The number of nitrogens with zero attached hydrogens (tertiary/aromatic N) is 3. The lowest BCUT2D eigenvalue weighted by atomic mass is 10.2. The predicted molar refractivity (Wildman–Crippen MR) is 121 cm³/mol. The molecule has 3 heterocycles. The summed E-state index contributed by atoms with van der Waals surface area (Å²) in [6, 6.07) is 7.59. The molecule has 1 aromatic carbocycles. The minimum Gasteiger partial charge on any atom is -0.321 e. The highest BCUT2D eigenvalue weighted by Crippen LogP contribution is 2.28. The molecule has 0 saturated carbocycles. The van der Waals surface area contributed by atoms with Crippen molar-refractivity contribution in [3.63, 3.8) is 0 Å². The lowest BCUT2D eigenvalue weighted by Gasteiger charge is -2.25. The number of thiophene rings is 1. The molecule has 31 heavy (non-hydrogen) atoms. The number of amides is 1. The first kappa shape index (κ1) is 22.0. The highest BCUT2D eigenvalue weighted by atomic mass is 32.2. The highest BCUT2D eigenvalue weighted by Gasteiger charge is 2.31. The van der Waals surface area contributed by atoms with Crippen LogP contribution in [-0.2, 0) is 10.0 Å². The summed E-state index contributed by atoms with van der Waals surface area (Å²) in [4.78, 5) is 12.9. The monoisotopic (exact) mass is 480 g/mol. The Hall–Kier alpha value is -2.21. The van der Waals surface area contributed by atoms with Crippen LogP contribution in [0, 0.1) is 19.7 Å². The van der Waals surface area contributed by atoms with Gasteiger partial charge in [-0.3, -0.25) is 4.79 Å². The van der Waals surface area contributed by atoms with Crippen molar-refractivity contribution in [2.75, 3.05) is 29.9 Å². The summed E-state index contributed by atoms with van der Waals surface area (Å²) in [5, 5.41) is 8.46. The van der Waals surface area contributed by atoms with Crippen molar-refractivity contribution < 1.29 is 17.6 Å². The molecule has 164 valence electrons. The van der Waals surface area contributed by atoms with Crippen molar-refractivity contribution in [2.45, 2.75) is 18.7 Å². The minimum absolute atomic E-state index is 0.0124. The summed E-state index contributed by atoms with van der Waals surface area (Å²) in [6.07, 6.45) is 0. The molecular weight excluding hydrogens is 459 g/mol. The molecule has 1 amide bonds. The number of hydrogen-bond donors (Lipinski definition) is 1. The van der Waals surface area contributed by atoms with Crippen LogP contribution in [0.4, 0.5) is 10.1 Å². The van der Waals surface area contributed by atoms with E-state index in [0.29, 0.717) is 13.1 Å². The number of hydrogen-bond acceptors (Lipinski definition) is 6. The zero-order chi connectivity index (χ0) is 22.2. The Morgan fingerprint density at radius 3 is 2.55 bits per heavy atom. The summed E-state index contributed by atoms with van der Waals surface area (Å²) in [5.74, 6) is 0.324. The van der Waals surface area contributed by atoms with Crippen LogP contribution in [0.15, 0.2) is 40.6 Å². The summed E-state index contributed by atoms with van der Waals surface area (Å²) in [6.45, 7) is 4.49. The van der Waals surface area contributed by atoms with Gasteiger partial charge in [0, 0.05) is 36.0 Å². The van der Waals surface area contributed by atoms with Gasteiger partial charge in [0.15, 0.2) is 5.82 Å².